The van der Waals surface area contributed by atoms with E-state index in [1.54, 1.807) is 0 Å². The SMILES string of the molecule is CC1CCCC(C)C12NC(=O)N(CC(=O)NC1(c3ccccc3)CCC1)C2=O. The van der Waals surface area contributed by atoms with Crippen LogP contribution in [0.5, 0.6) is 0 Å². The van der Waals surface area contributed by atoms with Gasteiger partial charge in [0.2, 0.25) is 5.91 Å². The van der Waals surface area contributed by atoms with E-state index in [1.165, 1.54) is 0 Å². The Morgan fingerprint density at radius 2 is 1.75 bits per heavy atom. The average Bonchev–Trinajstić information content (AvgIpc) is 2.89. The maximum absolute atomic E-state index is 13.2. The first-order chi connectivity index (χ1) is 13.4. The molecule has 2 unspecified atom stereocenters. The zero-order valence-corrected chi connectivity index (χ0v) is 16.7. The number of amides is 4. The zero-order chi connectivity index (χ0) is 19.9. The van der Waals surface area contributed by atoms with Gasteiger partial charge in [0.15, 0.2) is 0 Å². The van der Waals surface area contributed by atoms with Crippen LogP contribution in [0.15, 0.2) is 30.3 Å². The van der Waals surface area contributed by atoms with Gasteiger partial charge in [-0.15, -0.1) is 0 Å². The van der Waals surface area contributed by atoms with Crippen LogP contribution in [0.3, 0.4) is 0 Å². The zero-order valence-electron chi connectivity index (χ0n) is 16.7. The number of imide groups is 1. The summed E-state index contributed by atoms with van der Waals surface area (Å²) in [5.74, 6) is -0.374. The van der Waals surface area contributed by atoms with Crippen LogP contribution in [-0.2, 0) is 15.1 Å². The summed E-state index contributed by atoms with van der Waals surface area (Å²) in [4.78, 5) is 39.8. The lowest BCUT2D eigenvalue weighted by atomic mass is 9.67. The largest absolute Gasteiger partial charge is 0.345 e. The summed E-state index contributed by atoms with van der Waals surface area (Å²) in [5.41, 5.74) is -0.151. The molecule has 3 aliphatic rings. The van der Waals surface area contributed by atoms with Gasteiger partial charge in [-0.1, -0.05) is 50.6 Å². The Morgan fingerprint density at radius 1 is 1.11 bits per heavy atom. The van der Waals surface area contributed by atoms with Crippen molar-refractivity contribution in [2.24, 2.45) is 11.8 Å². The quantitative estimate of drug-likeness (QED) is 0.785. The van der Waals surface area contributed by atoms with Crippen LogP contribution in [0, 0.1) is 11.8 Å². The molecule has 0 bridgehead atoms. The van der Waals surface area contributed by atoms with Gasteiger partial charge in [0.25, 0.3) is 5.91 Å². The Balaban J connectivity index is 1.49. The van der Waals surface area contributed by atoms with E-state index in [2.05, 4.69) is 10.6 Å². The van der Waals surface area contributed by atoms with Gasteiger partial charge in [0.05, 0.1) is 5.54 Å². The van der Waals surface area contributed by atoms with Crippen molar-refractivity contribution in [3.05, 3.63) is 35.9 Å². The molecule has 1 aromatic carbocycles. The van der Waals surface area contributed by atoms with E-state index in [9.17, 15) is 14.4 Å². The number of hydrogen-bond donors (Lipinski definition) is 2. The van der Waals surface area contributed by atoms with Gasteiger partial charge in [-0.25, -0.2) is 4.79 Å². The third-order valence-corrected chi connectivity index (χ3v) is 7.20. The van der Waals surface area contributed by atoms with Crippen molar-refractivity contribution in [3.63, 3.8) is 0 Å². The first-order valence-electron chi connectivity index (χ1n) is 10.4. The van der Waals surface area contributed by atoms with Crippen molar-refractivity contribution < 1.29 is 14.4 Å². The highest BCUT2D eigenvalue weighted by molar-refractivity contribution is 6.09. The Kier molecular flexibility index (Phi) is 4.68. The molecule has 0 aromatic heterocycles. The number of nitrogens with one attached hydrogen (secondary N) is 2. The molecule has 1 heterocycles. The van der Waals surface area contributed by atoms with Gasteiger partial charge >= 0.3 is 6.03 Å². The van der Waals surface area contributed by atoms with Crippen molar-refractivity contribution in [3.8, 4) is 0 Å². The Labute approximate surface area is 166 Å². The highest BCUT2D eigenvalue weighted by Crippen LogP contribution is 2.43. The summed E-state index contributed by atoms with van der Waals surface area (Å²) in [6.45, 7) is 3.83. The van der Waals surface area contributed by atoms with Crippen LogP contribution in [0.4, 0.5) is 4.79 Å². The second-order valence-corrected chi connectivity index (χ2v) is 8.77. The lowest BCUT2D eigenvalue weighted by Crippen LogP contribution is -2.59. The van der Waals surface area contributed by atoms with E-state index >= 15 is 0 Å². The van der Waals surface area contributed by atoms with Gasteiger partial charge in [0.1, 0.15) is 12.1 Å². The molecule has 1 saturated heterocycles. The van der Waals surface area contributed by atoms with Crippen LogP contribution in [0.2, 0.25) is 0 Å². The number of carbonyl (C=O) groups excluding carboxylic acids is 3. The molecule has 1 aromatic rings. The van der Waals surface area contributed by atoms with Gasteiger partial charge in [-0.05, 0) is 49.5 Å². The molecule has 4 amide bonds. The molecule has 2 saturated carbocycles. The fourth-order valence-corrected chi connectivity index (χ4v) is 5.32. The maximum atomic E-state index is 13.2. The normalized spacial score (nSPS) is 31.4. The number of hydrogen-bond acceptors (Lipinski definition) is 3. The standard InChI is InChI=1S/C22H29N3O3/c1-15-8-6-9-16(2)22(15)19(27)25(20(28)24-22)14-18(26)23-21(12-7-13-21)17-10-4-3-5-11-17/h3-5,10-11,15-16H,6-9,12-14H2,1-2H3,(H,23,26)(H,24,28). The molecule has 4 rings (SSSR count). The third kappa shape index (κ3) is 2.81. The summed E-state index contributed by atoms with van der Waals surface area (Å²) in [5, 5.41) is 6.07. The number of rotatable bonds is 4. The van der Waals surface area contributed by atoms with E-state index in [4.69, 9.17) is 0 Å². The number of nitrogens with zero attached hydrogens (tertiary/aromatic N) is 1. The van der Waals surface area contributed by atoms with Crippen molar-refractivity contribution in [1.82, 2.24) is 15.5 Å². The van der Waals surface area contributed by atoms with Crippen LogP contribution >= 0.6 is 0 Å². The summed E-state index contributed by atoms with van der Waals surface area (Å²) in [6, 6.07) is 9.49. The number of benzene rings is 1. The van der Waals surface area contributed by atoms with Gasteiger partial charge in [-0.3, -0.25) is 14.5 Å². The molecular weight excluding hydrogens is 354 g/mol. The van der Waals surface area contributed by atoms with E-state index < -0.39 is 11.6 Å². The molecule has 6 nitrogen and oxygen atoms in total. The fraction of sp³-hybridized carbons (Fsp3) is 0.591. The van der Waals surface area contributed by atoms with Crippen molar-refractivity contribution in [1.29, 1.82) is 0 Å². The molecule has 0 radical (unpaired) electrons. The van der Waals surface area contributed by atoms with Crippen LogP contribution in [0.25, 0.3) is 0 Å². The van der Waals surface area contributed by atoms with E-state index in [-0.39, 0.29) is 35.7 Å². The lowest BCUT2D eigenvalue weighted by molar-refractivity contribution is -0.139. The fourth-order valence-electron chi connectivity index (χ4n) is 5.32. The smallest absolute Gasteiger partial charge is 0.325 e. The molecule has 2 aliphatic carbocycles. The van der Waals surface area contributed by atoms with Crippen LogP contribution < -0.4 is 10.6 Å². The van der Waals surface area contributed by atoms with E-state index in [0.29, 0.717) is 0 Å². The van der Waals surface area contributed by atoms with Crippen LogP contribution in [0.1, 0.15) is 57.9 Å². The highest BCUT2D eigenvalue weighted by Gasteiger charge is 2.58. The molecular formula is C22H29N3O3. The molecule has 1 spiro atoms. The third-order valence-electron chi connectivity index (χ3n) is 7.20. The summed E-state index contributed by atoms with van der Waals surface area (Å²) in [7, 11) is 0. The second-order valence-electron chi connectivity index (χ2n) is 8.77. The molecule has 28 heavy (non-hydrogen) atoms. The number of carbonyl (C=O) groups is 3. The molecule has 3 fully saturated rings. The van der Waals surface area contributed by atoms with Gasteiger partial charge < -0.3 is 10.6 Å². The lowest BCUT2D eigenvalue weighted by Gasteiger charge is -2.43. The van der Waals surface area contributed by atoms with Gasteiger partial charge in [-0.2, -0.15) is 0 Å². The highest BCUT2D eigenvalue weighted by atomic mass is 16.2. The Bertz CT molecular complexity index is 777. The molecule has 150 valence electrons. The molecule has 1 aliphatic heterocycles. The maximum Gasteiger partial charge on any atom is 0.325 e. The Morgan fingerprint density at radius 3 is 2.32 bits per heavy atom. The van der Waals surface area contributed by atoms with Crippen molar-refractivity contribution in [2.75, 3.05) is 6.54 Å². The van der Waals surface area contributed by atoms with Crippen molar-refractivity contribution >= 4 is 17.8 Å². The minimum atomic E-state index is -0.858. The van der Waals surface area contributed by atoms with Gasteiger partial charge in [0, 0.05) is 0 Å². The van der Waals surface area contributed by atoms with E-state index in [0.717, 1.165) is 49.0 Å². The molecule has 6 heteroatoms. The number of urea groups is 1. The topological polar surface area (TPSA) is 78.5 Å². The molecule has 2 N–H and O–H groups in total. The predicted molar refractivity (Wildman–Crippen MR) is 105 cm³/mol. The molecule has 2 atom stereocenters. The second kappa shape index (κ2) is 6.90. The first kappa shape index (κ1) is 19.0. The predicted octanol–water partition coefficient (Wildman–Crippen LogP) is 2.93. The Hall–Kier alpha value is -2.37. The minimum Gasteiger partial charge on any atom is -0.345 e. The first-order valence-corrected chi connectivity index (χ1v) is 10.4. The summed E-state index contributed by atoms with van der Waals surface area (Å²) >= 11 is 0. The van der Waals surface area contributed by atoms with E-state index in [1.807, 2.05) is 44.2 Å². The average molecular weight is 383 g/mol. The summed E-state index contributed by atoms with van der Waals surface area (Å²) in [6.07, 6.45) is 5.69. The van der Waals surface area contributed by atoms with Crippen LogP contribution in [-0.4, -0.2) is 34.8 Å². The monoisotopic (exact) mass is 383 g/mol. The summed E-state index contributed by atoms with van der Waals surface area (Å²) < 4.78 is 0. The van der Waals surface area contributed by atoms with Crippen molar-refractivity contribution in [2.45, 2.75) is 63.5 Å². The minimum absolute atomic E-state index is 0.0723.